The zero-order valence-electron chi connectivity index (χ0n) is 13.1. The van der Waals surface area contributed by atoms with Crippen LogP contribution in [0.5, 0.6) is 0 Å². The van der Waals surface area contributed by atoms with E-state index in [1.54, 1.807) is 29.3 Å². The van der Waals surface area contributed by atoms with Crippen molar-refractivity contribution in [3.8, 4) is 0 Å². The number of carbonyl (C=O) groups excluding carboxylic acids is 1. The molecule has 0 aliphatic heterocycles. The number of aromatic nitrogens is 3. The minimum Gasteiger partial charge on any atom is -0.467 e. The number of hydrogen-bond acceptors (Lipinski definition) is 4. The maximum Gasteiger partial charge on any atom is 0.277 e. The minimum absolute atomic E-state index is 0.0383. The van der Waals surface area contributed by atoms with Gasteiger partial charge in [-0.15, -0.1) is 0 Å². The smallest absolute Gasteiger partial charge is 0.277 e. The molecule has 1 N–H and O–H groups in total. The molecule has 1 amide bonds. The quantitative estimate of drug-likeness (QED) is 0.772. The molecule has 0 aliphatic carbocycles. The predicted octanol–water partition coefficient (Wildman–Crippen LogP) is 1.44. The summed E-state index contributed by atoms with van der Waals surface area (Å²) < 4.78 is 8.22. The van der Waals surface area contributed by atoms with E-state index in [2.05, 4.69) is 10.4 Å². The lowest BCUT2D eigenvalue weighted by molar-refractivity contribution is -0.121. The van der Waals surface area contributed by atoms with Crippen LogP contribution in [0.3, 0.4) is 0 Å². The number of aryl methyl sites for hydroxylation is 2. The van der Waals surface area contributed by atoms with Crippen LogP contribution in [0, 0.1) is 6.92 Å². The fraction of sp³-hybridized carbons (Fsp3) is 0.312. The van der Waals surface area contributed by atoms with Crippen LogP contribution in [0.4, 0.5) is 0 Å². The molecule has 0 aromatic carbocycles. The van der Waals surface area contributed by atoms with Gasteiger partial charge in [0.2, 0.25) is 5.91 Å². The number of hydrogen-bond donors (Lipinski definition) is 1. The second kappa shape index (κ2) is 6.12. The van der Waals surface area contributed by atoms with E-state index in [1.165, 1.54) is 4.57 Å². The maximum atomic E-state index is 12.6. The monoisotopic (exact) mass is 314 g/mol. The van der Waals surface area contributed by atoms with Gasteiger partial charge >= 0.3 is 0 Å². The Bertz CT molecular complexity index is 890. The first-order chi connectivity index (χ1) is 11.1. The molecule has 0 saturated carbocycles. The average Bonchev–Trinajstić information content (AvgIpc) is 3.16. The van der Waals surface area contributed by atoms with Crippen molar-refractivity contribution in [2.45, 2.75) is 33.5 Å². The van der Waals surface area contributed by atoms with E-state index in [-0.39, 0.29) is 18.0 Å². The number of nitrogens with one attached hydrogen (secondary N) is 1. The summed E-state index contributed by atoms with van der Waals surface area (Å²) in [4.78, 5) is 24.6. The molecule has 7 nitrogen and oxygen atoms in total. The van der Waals surface area contributed by atoms with Crippen molar-refractivity contribution in [1.82, 2.24) is 19.7 Å². The fourth-order valence-electron chi connectivity index (χ4n) is 2.55. The van der Waals surface area contributed by atoms with Crippen molar-refractivity contribution in [2.24, 2.45) is 0 Å². The zero-order valence-corrected chi connectivity index (χ0v) is 13.1. The van der Waals surface area contributed by atoms with Crippen molar-refractivity contribution in [3.05, 3.63) is 52.5 Å². The van der Waals surface area contributed by atoms with E-state index >= 15 is 0 Å². The molecule has 3 heterocycles. The largest absolute Gasteiger partial charge is 0.467 e. The third kappa shape index (κ3) is 2.90. The summed E-state index contributed by atoms with van der Waals surface area (Å²) in [6.45, 7) is 4.67. The Hall–Kier alpha value is -2.83. The van der Waals surface area contributed by atoms with E-state index in [1.807, 2.05) is 19.9 Å². The fourth-order valence-corrected chi connectivity index (χ4v) is 2.55. The van der Waals surface area contributed by atoms with Crippen molar-refractivity contribution >= 4 is 16.8 Å². The molecule has 3 aromatic heterocycles. The van der Waals surface area contributed by atoms with E-state index in [0.29, 0.717) is 24.4 Å². The summed E-state index contributed by atoms with van der Waals surface area (Å²) in [5, 5.41) is 7.90. The molecule has 3 aromatic rings. The van der Waals surface area contributed by atoms with Crippen molar-refractivity contribution < 1.29 is 9.21 Å². The molecule has 0 unspecified atom stereocenters. The summed E-state index contributed by atoms with van der Waals surface area (Å²) in [6, 6.07) is 5.36. The molecule has 0 aliphatic rings. The highest BCUT2D eigenvalue weighted by Crippen LogP contribution is 2.13. The van der Waals surface area contributed by atoms with Crippen LogP contribution in [-0.4, -0.2) is 20.3 Å². The lowest BCUT2D eigenvalue weighted by atomic mass is 10.2. The van der Waals surface area contributed by atoms with Gasteiger partial charge < -0.3 is 14.3 Å². The molecule has 0 saturated heterocycles. The number of carbonyl (C=O) groups is 1. The normalized spacial score (nSPS) is 11.0. The zero-order chi connectivity index (χ0) is 16.4. The van der Waals surface area contributed by atoms with E-state index in [9.17, 15) is 9.59 Å². The van der Waals surface area contributed by atoms with Crippen molar-refractivity contribution in [2.75, 3.05) is 0 Å². The Morgan fingerprint density at radius 2 is 2.22 bits per heavy atom. The van der Waals surface area contributed by atoms with Gasteiger partial charge in [0.15, 0.2) is 0 Å². The molecular weight excluding hydrogens is 296 g/mol. The summed E-state index contributed by atoms with van der Waals surface area (Å²) in [6.07, 6.45) is 3.18. The number of nitrogens with zero attached hydrogens (tertiary/aromatic N) is 3. The molecule has 0 bridgehead atoms. The third-order valence-electron chi connectivity index (χ3n) is 3.71. The van der Waals surface area contributed by atoms with Gasteiger partial charge in [-0.05, 0) is 32.0 Å². The summed E-state index contributed by atoms with van der Waals surface area (Å²) >= 11 is 0. The molecule has 0 fully saturated rings. The molecule has 23 heavy (non-hydrogen) atoms. The van der Waals surface area contributed by atoms with Crippen LogP contribution in [0.15, 0.2) is 39.9 Å². The first-order valence-electron chi connectivity index (χ1n) is 7.45. The number of amides is 1. The summed E-state index contributed by atoms with van der Waals surface area (Å²) in [7, 11) is 0. The van der Waals surface area contributed by atoms with Gasteiger partial charge in [0.05, 0.1) is 18.5 Å². The van der Waals surface area contributed by atoms with E-state index in [0.717, 1.165) is 11.1 Å². The van der Waals surface area contributed by atoms with Crippen LogP contribution >= 0.6 is 0 Å². The number of fused-ring (bicyclic) bond motifs is 1. The number of furan rings is 1. The summed E-state index contributed by atoms with van der Waals surface area (Å²) in [5.41, 5.74) is 1.14. The van der Waals surface area contributed by atoms with Crippen LogP contribution in [-0.2, 0) is 24.4 Å². The molecule has 3 rings (SSSR count). The van der Waals surface area contributed by atoms with Crippen LogP contribution in [0.1, 0.15) is 18.4 Å². The Labute approximate surface area is 132 Å². The molecule has 0 radical (unpaired) electrons. The topological polar surface area (TPSA) is 82.1 Å². The van der Waals surface area contributed by atoms with E-state index in [4.69, 9.17) is 4.42 Å². The predicted molar refractivity (Wildman–Crippen MR) is 85.0 cm³/mol. The van der Waals surface area contributed by atoms with Gasteiger partial charge in [0.25, 0.3) is 5.56 Å². The van der Waals surface area contributed by atoms with E-state index < -0.39 is 0 Å². The molecule has 120 valence electrons. The SMILES string of the molecule is CCn1nc(C)c2ccn(CC(=O)NCc3ccco3)c(=O)c21. The average molecular weight is 314 g/mol. The number of rotatable bonds is 5. The van der Waals surface area contributed by atoms with Gasteiger partial charge in [-0.25, -0.2) is 0 Å². The Morgan fingerprint density at radius 3 is 2.91 bits per heavy atom. The van der Waals surface area contributed by atoms with Gasteiger partial charge in [0, 0.05) is 18.1 Å². The Morgan fingerprint density at radius 1 is 1.39 bits per heavy atom. The Balaban J connectivity index is 1.81. The highest BCUT2D eigenvalue weighted by Gasteiger charge is 2.13. The third-order valence-corrected chi connectivity index (χ3v) is 3.71. The second-order valence-corrected chi connectivity index (χ2v) is 5.27. The first-order valence-corrected chi connectivity index (χ1v) is 7.45. The minimum atomic E-state index is -0.248. The van der Waals surface area contributed by atoms with Gasteiger partial charge in [-0.3, -0.25) is 14.3 Å². The van der Waals surface area contributed by atoms with Crippen molar-refractivity contribution in [1.29, 1.82) is 0 Å². The number of pyridine rings is 1. The summed E-state index contributed by atoms with van der Waals surface area (Å²) in [5.74, 6) is 0.419. The first kappa shape index (κ1) is 15.1. The Kier molecular flexibility index (Phi) is 4.01. The second-order valence-electron chi connectivity index (χ2n) is 5.27. The molecule has 7 heteroatoms. The molecule has 0 atom stereocenters. The molecular formula is C16H18N4O3. The van der Waals surface area contributed by atoms with Gasteiger partial charge in [-0.1, -0.05) is 0 Å². The standard InChI is InChI=1S/C16H18N4O3/c1-3-20-15-13(11(2)18-20)6-7-19(16(15)22)10-14(21)17-9-12-5-4-8-23-12/h4-8H,3,9-10H2,1-2H3,(H,17,21). The van der Waals surface area contributed by atoms with Gasteiger partial charge in [0.1, 0.15) is 17.8 Å². The highest BCUT2D eigenvalue weighted by atomic mass is 16.3. The van der Waals surface area contributed by atoms with Crippen LogP contribution in [0.2, 0.25) is 0 Å². The molecule has 0 spiro atoms. The maximum absolute atomic E-state index is 12.6. The highest BCUT2D eigenvalue weighted by molar-refractivity contribution is 5.81. The lowest BCUT2D eigenvalue weighted by Crippen LogP contribution is -2.32. The van der Waals surface area contributed by atoms with Crippen LogP contribution < -0.4 is 10.9 Å². The van der Waals surface area contributed by atoms with Crippen LogP contribution in [0.25, 0.3) is 10.9 Å². The van der Waals surface area contributed by atoms with Gasteiger partial charge in [-0.2, -0.15) is 5.10 Å². The lowest BCUT2D eigenvalue weighted by Gasteiger charge is -2.07. The van der Waals surface area contributed by atoms with Crippen molar-refractivity contribution in [3.63, 3.8) is 0 Å².